The topological polar surface area (TPSA) is 57.2 Å². The van der Waals surface area contributed by atoms with Crippen LogP contribution in [-0.2, 0) is 25.8 Å². The zero-order valence-corrected chi connectivity index (χ0v) is 24.8. The Balaban J connectivity index is 1.92. The minimum atomic E-state index is -1.90. The van der Waals surface area contributed by atoms with Gasteiger partial charge in [-0.15, -0.1) is 0 Å². The Bertz CT molecular complexity index is 1070. The number of hydrogen-bond acceptors (Lipinski definition) is 5. The van der Waals surface area contributed by atoms with Gasteiger partial charge in [-0.05, 0) is 68.6 Å². The van der Waals surface area contributed by atoms with Crippen LogP contribution in [0.5, 0.6) is 5.75 Å². The third-order valence-electron chi connectivity index (χ3n) is 5.84. The van der Waals surface area contributed by atoms with Gasteiger partial charge in [0.15, 0.2) is 34.0 Å². The normalized spacial score (nSPS) is 23.1. The molecule has 2 aromatic carbocycles. The Hall–Kier alpha value is -1.34. The third-order valence-corrected chi connectivity index (χ3v) is 8.28. The van der Waals surface area contributed by atoms with Gasteiger partial charge >= 0.3 is 0 Å². The molecule has 1 aliphatic rings. The lowest BCUT2D eigenvalue weighted by molar-refractivity contribution is -0.283. The lowest BCUT2D eigenvalue weighted by atomic mass is 9.91. The Morgan fingerprint density at radius 1 is 1.03 bits per heavy atom. The Labute approximate surface area is 219 Å². The van der Waals surface area contributed by atoms with E-state index in [1.807, 2.05) is 0 Å². The smallest absolute Gasteiger partial charge is 0.200 e. The molecule has 0 aliphatic carbocycles. The fourth-order valence-corrected chi connectivity index (χ4v) is 6.35. The fourth-order valence-electron chi connectivity index (χ4n) is 4.30. The lowest BCUT2D eigenvalue weighted by Gasteiger charge is -2.43. The molecule has 3 rings (SSSR count). The zero-order valence-electron chi connectivity index (χ0n) is 22.1. The quantitative estimate of drug-likeness (QED) is 0.351. The molecule has 1 fully saturated rings. The maximum absolute atomic E-state index is 14.6. The summed E-state index contributed by atoms with van der Waals surface area (Å²) in [7, 11) is -2.41. The summed E-state index contributed by atoms with van der Waals surface area (Å²) in [5, 5.41) is 12.1. The van der Waals surface area contributed by atoms with E-state index >= 15 is 0 Å². The van der Waals surface area contributed by atoms with Crippen molar-refractivity contribution < 1.29 is 32.2 Å². The number of halogens is 3. The summed E-state index contributed by atoms with van der Waals surface area (Å²) in [5.74, 6) is -3.84. The van der Waals surface area contributed by atoms with E-state index < -0.39 is 34.1 Å². The van der Waals surface area contributed by atoms with E-state index in [2.05, 4.69) is 39.3 Å². The van der Waals surface area contributed by atoms with Crippen molar-refractivity contribution in [1.29, 1.82) is 0 Å². The lowest BCUT2D eigenvalue weighted by Crippen LogP contribution is -2.49. The number of benzene rings is 2. The monoisotopic (exact) mass is 558 g/mol. The Kier molecular flexibility index (Phi) is 9.08. The van der Waals surface area contributed by atoms with Gasteiger partial charge in [-0.25, -0.2) is 4.39 Å². The molecule has 0 aromatic heterocycles. The van der Waals surface area contributed by atoms with Crippen molar-refractivity contribution in [2.24, 2.45) is 0 Å². The minimum Gasteiger partial charge on any atom is -0.494 e. The highest BCUT2D eigenvalue weighted by molar-refractivity contribution is 6.70. The predicted octanol–water partition coefficient (Wildman–Crippen LogP) is 6.61. The van der Waals surface area contributed by atoms with Gasteiger partial charge in [0.25, 0.3) is 0 Å². The van der Waals surface area contributed by atoms with Crippen molar-refractivity contribution in [3.63, 3.8) is 0 Å². The van der Waals surface area contributed by atoms with Crippen molar-refractivity contribution in [1.82, 2.24) is 0 Å². The van der Waals surface area contributed by atoms with Crippen LogP contribution in [0.1, 0.15) is 29.5 Å². The summed E-state index contributed by atoms with van der Waals surface area (Å²) >= 11 is 6.43. The number of rotatable bonds is 9. The van der Waals surface area contributed by atoms with Crippen molar-refractivity contribution in [2.45, 2.75) is 76.5 Å². The van der Waals surface area contributed by atoms with Crippen molar-refractivity contribution in [2.75, 3.05) is 13.7 Å². The maximum Gasteiger partial charge on any atom is 0.200 e. The van der Waals surface area contributed by atoms with Gasteiger partial charge in [0, 0.05) is 29.8 Å². The van der Waals surface area contributed by atoms with E-state index in [4.69, 9.17) is 29.9 Å². The number of hydrogen-bond donors (Lipinski definition) is 1. The molecule has 0 radical (unpaired) electrons. The first-order valence-electron chi connectivity index (χ1n) is 12.1. The zero-order chi connectivity index (χ0) is 26.9. The Morgan fingerprint density at radius 2 is 1.72 bits per heavy atom. The molecule has 0 spiro atoms. The summed E-state index contributed by atoms with van der Waals surface area (Å²) < 4.78 is 52.4. The fraction of sp³-hybridized carbons (Fsp3) is 0.538. The largest absolute Gasteiger partial charge is 0.494 e. The second kappa shape index (κ2) is 11.2. The molecule has 1 saturated heterocycles. The maximum atomic E-state index is 14.6. The molecule has 1 heterocycles. The average molecular weight is 559 g/mol. The van der Waals surface area contributed by atoms with E-state index in [-0.39, 0.29) is 36.4 Å². The van der Waals surface area contributed by atoms with Gasteiger partial charge < -0.3 is 23.4 Å². The van der Waals surface area contributed by atoms with E-state index in [9.17, 15) is 13.9 Å². The third kappa shape index (κ3) is 7.60. The van der Waals surface area contributed by atoms with E-state index in [0.29, 0.717) is 29.2 Å². The van der Waals surface area contributed by atoms with Crippen LogP contribution in [0, 0.1) is 11.6 Å². The van der Waals surface area contributed by atoms with Gasteiger partial charge in [-0.3, -0.25) is 0 Å². The predicted molar refractivity (Wildman–Crippen MR) is 143 cm³/mol. The van der Waals surface area contributed by atoms with Crippen LogP contribution in [0.2, 0.25) is 44.3 Å². The van der Waals surface area contributed by atoms with Gasteiger partial charge in [0.1, 0.15) is 0 Å². The molecule has 5 nitrogen and oxygen atoms in total. The average Bonchev–Trinajstić information content (AvgIpc) is 2.75. The molecule has 10 heteroatoms. The second-order valence-corrected chi connectivity index (χ2v) is 20.7. The highest BCUT2D eigenvalue weighted by Gasteiger charge is 2.44. The number of ether oxygens (including phenoxy) is 2. The van der Waals surface area contributed by atoms with Gasteiger partial charge in [-0.1, -0.05) is 23.7 Å². The first-order valence-corrected chi connectivity index (χ1v) is 19.3. The van der Waals surface area contributed by atoms with Crippen LogP contribution in [0.25, 0.3) is 0 Å². The second-order valence-electron chi connectivity index (χ2n) is 11.3. The first-order chi connectivity index (χ1) is 16.6. The number of methoxy groups -OCH3 is 1. The van der Waals surface area contributed by atoms with Crippen LogP contribution >= 0.6 is 11.6 Å². The van der Waals surface area contributed by atoms with E-state index in [1.54, 1.807) is 18.2 Å². The van der Waals surface area contributed by atoms with Crippen molar-refractivity contribution in [3.8, 4) is 5.75 Å². The molecule has 36 heavy (non-hydrogen) atoms. The standard InChI is InChI=1S/C26H37ClF2O5Si2/c1-31-23-11-8-17(24(28)25(23)29)12-18-13-19(9-10-22(18)27)26(30)15-20(34-36(5,6)7)14-21(33-26)16-32-35(2,3)4/h8-11,13,20-21,30H,12,14-16H2,1-7H3/t20-,21-,26+/m0/s1. The first kappa shape index (κ1) is 29.2. The molecule has 1 N–H and O–H groups in total. The highest BCUT2D eigenvalue weighted by atomic mass is 35.5. The van der Waals surface area contributed by atoms with Crippen LogP contribution < -0.4 is 4.74 Å². The van der Waals surface area contributed by atoms with Crippen LogP contribution in [0.3, 0.4) is 0 Å². The highest BCUT2D eigenvalue weighted by Crippen LogP contribution is 2.39. The van der Waals surface area contributed by atoms with Gasteiger partial charge in [0.05, 0.1) is 25.9 Å². The molecular formula is C26H37ClF2O5Si2. The van der Waals surface area contributed by atoms with E-state index in [1.165, 1.54) is 19.2 Å². The molecule has 200 valence electrons. The minimum absolute atomic E-state index is 0.0342. The number of aliphatic hydroxyl groups is 1. The summed E-state index contributed by atoms with van der Waals surface area (Å²) in [6, 6.07) is 7.88. The molecule has 1 aliphatic heterocycles. The van der Waals surface area contributed by atoms with Crippen molar-refractivity contribution >= 4 is 28.2 Å². The molecule has 0 bridgehead atoms. The SMILES string of the molecule is COc1ccc(Cc2cc([C@@]3(O)C[C@@H](O[Si](C)(C)C)C[C@@H](CO[Si](C)(C)C)O3)ccc2Cl)c(F)c1F. The summed E-state index contributed by atoms with van der Waals surface area (Å²) in [6.07, 6.45) is 0.329. The summed E-state index contributed by atoms with van der Waals surface area (Å²) in [6.45, 7) is 13.0. The van der Waals surface area contributed by atoms with Crippen molar-refractivity contribution in [3.05, 3.63) is 63.7 Å². The molecule has 3 atom stereocenters. The summed E-state index contributed by atoms with van der Waals surface area (Å²) in [4.78, 5) is 0. The molecule has 0 amide bonds. The Morgan fingerprint density at radius 3 is 2.33 bits per heavy atom. The van der Waals surface area contributed by atoms with Crippen LogP contribution in [-0.4, -0.2) is 47.7 Å². The molecular weight excluding hydrogens is 522 g/mol. The van der Waals surface area contributed by atoms with E-state index in [0.717, 1.165) is 0 Å². The van der Waals surface area contributed by atoms with Crippen LogP contribution in [0.15, 0.2) is 30.3 Å². The summed E-state index contributed by atoms with van der Waals surface area (Å²) in [5.41, 5.74) is 1.15. The molecule has 2 aromatic rings. The van der Waals surface area contributed by atoms with Crippen LogP contribution in [0.4, 0.5) is 8.78 Å². The molecule has 0 saturated carbocycles. The molecule has 0 unspecified atom stereocenters. The van der Waals surface area contributed by atoms with Gasteiger partial charge in [0.2, 0.25) is 5.82 Å². The van der Waals surface area contributed by atoms with Gasteiger partial charge in [-0.2, -0.15) is 4.39 Å².